The van der Waals surface area contributed by atoms with Gasteiger partial charge in [-0.15, -0.1) is 0 Å². The Hall–Kier alpha value is -1.26. The van der Waals surface area contributed by atoms with E-state index >= 15 is 0 Å². The fourth-order valence-corrected chi connectivity index (χ4v) is 0.899. The number of rotatable bonds is 3. The first kappa shape index (κ1) is 8.83. The van der Waals surface area contributed by atoms with Crippen LogP contribution in [0.3, 0.4) is 0 Å². The van der Waals surface area contributed by atoms with Gasteiger partial charge in [-0.3, -0.25) is 5.32 Å². The van der Waals surface area contributed by atoms with E-state index < -0.39 is 0 Å². The molecule has 0 heterocycles. The van der Waals surface area contributed by atoms with Gasteiger partial charge in [0.05, 0.1) is 12.4 Å². The lowest BCUT2D eigenvalue weighted by atomic mass is 10.2. The molecule has 0 spiro atoms. The highest BCUT2D eigenvalue weighted by atomic mass is 16.3. The Bertz CT molecular complexity index is 263. The van der Waals surface area contributed by atoms with Gasteiger partial charge < -0.3 is 15.9 Å². The van der Waals surface area contributed by atoms with Gasteiger partial charge in [-0.1, -0.05) is 6.07 Å². The van der Waals surface area contributed by atoms with Crippen LogP contribution in [-0.2, 0) is 6.54 Å². The van der Waals surface area contributed by atoms with E-state index in [0.717, 1.165) is 5.56 Å². The Morgan fingerprint density at radius 2 is 2.17 bits per heavy atom. The summed E-state index contributed by atoms with van der Waals surface area (Å²) in [6.07, 6.45) is 0. The van der Waals surface area contributed by atoms with Gasteiger partial charge in [0.15, 0.2) is 0 Å². The van der Waals surface area contributed by atoms with Crippen LogP contribution in [0.4, 0.5) is 5.69 Å². The Labute approximate surface area is 70.6 Å². The normalized spacial score (nSPS) is 10.1. The average Bonchev–Trinajstić information content (AvgIpc) is 2.07. The molecule has 0 aliphatic heterocycles. The molecule has 0 atom stereocenters. The van der Waals surface area contributed by atoms with Crippen LogP contribution in [0.5, 0.6) is 5.75 Å². The first-order valence-electron chi connectivity index (χ1n) is 3.63. The fourth-order valence-electron chi connectivity index (χ4n) is 0.899. The summed E-state index contributed by atoms with van der Waals surface area (Å²) in [6.45, 7) is 0.440. The summed E-state index contributed by atoms with van der Waals surface area (Å²) in [4.78, 5) is 0. The van der Waals surface area contributed by atoms with E-state index in [2.05, 4.69) is 5.32 Å². The minimum Gasteiger partial charge on any atom is -0.506 e. The van der Waals surface area contributed by atoms with Crippen LogP contribution in [0.1, 0.15) is 5.56 Å². The third-order valence-corrected chi connectivity index (χ3v) is 1.54. The maximum Gasteiger partial charge on any atom is 0.138 e. The van der Waals surface area contributed by atoms with Gasteiger partial charge in [-0.05, 0) is 17.7 Å². The number of aliphatic hydroxyl groups excluding tert-OH is 1. The predicted molar refractivity (Wildman–Crippen MR) is 46.4 cm³/mol. The van der Waals surface area contributed by atoms with Crippen molar-refractivity contribution in [3.63, 3.8) is 0 Å². The molecule has 0 saturated carbocycles. The number of nitrogens with two attached hydrogens (primary N) is 1. The van der Waals surface area contributed by atoms with Crippen LogP contribution >= 0.6 is 0 Å². The molecule has 1 aromatic rings. The van der Waals surface area contributed by atoms with Crippen molar-refractivity contribution in [3.8, 4) is 5.75 Å². The quantitative estimate of drug-likeness (QED) is 0.291. The van der Waals surface area contributed by atoms with Gasteiger partial charge >= 0.3 is 0 Å². The molecule has 0 amide bonds. The Kier molecular flexibility index (Phi) is 2.90. The van der Waals surface area contributed by atoms with Crippen molar-refractivity contribution in [3.05, 3.63) is 23.8 Å². The second-order valence-corrected chi connectivity index (χ2v) is 2.48. The Balaban J connectivity index is 2.69. The van der Waals surface area contributed by atoms with E-state index in [9.17, 15) is 5.11 Å². The molecule has 1 aromatic carbocycles. The van der Waals surface area contributed by atoms with Gasteiger partial charge in [-0.25, -0.2) is 0 Å². The SMILES string of the molecule is Nc1ccc(CNCO)cc1O. The lowest BCUT2D eigenvalue weighted by Crippen LogP contribution is -2.13. The molecular formula is C8H12N2O2. The average molecular weight is 168 g/mol. The standard InChI is InChI=1S/C8H12N2O2/c9-7-2-1-6(3-8(7)12)4-10-5-11/h1-3,10-12H,4-5,9H2. The third-order valence-electron chi connectivity index (χ3n) is 1.54. The van der Waals surface area contributed by atoms with Crippen molar-refractivity contribution in [1.29, 1.82) is 0 Å². The Morgan fingerprint density at radius 1 is 1.42 bits per heavy atom. The lowest BCUT2D eigenvalue weighted by molar-refractivity contribution is 0.259. The lowest BCUT2D eigenvalue weighted by Gasteiger charge is -2.03. The van der Waals surface area contributed by atoms with Crippen LogP contribution in [0.2, 0.25) is 0 Å². The van der Waals surface area contributed by atoms with Crippen LogP contribution in [0.25, 0.3) is 0 Å². The summed E-state index contributed by atoms with van der Waals surface area (Å²) in [5.41, 5.74) is 6.65. The molecule has 0 aliphatic rings. The maximum absolute atomic E-state index is 9.18. The first-order valence-corrected chi connectivity index (χ1v) is 3.63. The maximum atomic E-state index is 9.18. The number of nitrogen functional groups attached to an aromatic ring is 1. The zero-order valence-corrected chi connectivity index (χ0v) is 6.62. The number of anilines is 1. The number of benzene rings is 1. The molecule has 0 fully saturated rings. The molecule has 66 valence electrons. The van der Waals surface area contributed by atoms with Crippen LogP contribution < -0.4 is 11.1 Å². The highest BCUT2D eigenvalue weighted by molar-refractivity contribution is 5.52. The van der Waals surface area contributed by atoms with Crippen LogP contribution in [0.15, 0.2) is 18.2 Å². The summed E-state index contributed by atoms with van der Waals surface area (Å²) in [7, 11) is 0. The first-order chi connectivity index (χ1) is 5.74. The molecule has 0 bridgehead atoms. The summed E-state index contributed by atoms with van der Waals surface area (Å²) in [6, 6.07) is 4.99. The van der Waals surface area contributed by atoms with Crippen molar-refractivity contribution in [2.75, 3.05) is 12.5 Å². The van der Waals surface area contributed by atoms with Gasteiger partial charge in [0, 0.05) is 6.54 Å². The molecule has 1 rings (SSSR count). The number of aliphatic hydroxyl groups is 1. The molecule has 4 nitrogen and oxygen atoms in total. The topological polar surface area (TPSA) is 78.5 Å². The number of phenols is 1. The van der Waals surface area contributed by atoms with Crippen molar-refractivity contribution in [2.45, 2.75) is 6.54 Å². The minimum atomic E-state index is -0.0782. The fraction of sp³-hybridized carbons (Fsp3) is 0.250. The molecule has 12 heavy (non-hydrogen) atoms. The summed E-state index contributed by atoms with van der Waals surface area (Å²) < 4.78 is 0. The minimum absolute atomic E-state index is 0.0761. The second kappa shape index (κ2) is 3.94. The van der Waals surface area contributed by atoms with Gasteiger partial charge in [0.25, 0.3) is 0 Å². The van der Waals surface area contributed by atoms with Crippen LogP contribution in [-0.4, -0.2) is 16.9 Å². The molecule has 5 N–H and O–H groups in total. The number of hydrogen-bond donors (Lipinski definition) is 4. The number of phenolic OH excluding ortho intramolecular Hbond substituents is 1. The molecule has 0 saturated heterocycles. The van der Waals surface area contributed by atoms with Gasteiger partial charge in [0.1, 0.15) is 5.75 Å². The third kappa shape index (κ3) is 2.11. The zero-order chi connectivity index (χ0) is 8.97. The van der Waals surface area contributed by atoms with E-state index in [-0.39, 0.29) is 12.5 Å². The largest absolute Gasteiger partial charge is 0.506 e. The van der Waals surface area contributed by atoms with Crippen molar-refractivity contribution in [1.82, 2.24) is 5.32 Å². The van der Waals surface area contributed by atoms with E-state index in [1.54, 1.807) is 18.2 Å². The van der Waals surface area contributed by atoms with E-state index in [0.29, 0.717) is 12.2 Å². The number of aromatic hydroxyl groups is 1. The molecule has 4 heteroatoms. The molecule has 0 aromatic heterocycles. The van der Waals surface area contributed by atoms with E-state index in [4.69, 9.17) is 10.8 Å². The van der Waals surface area contributed by atoms with E-state index in [1.165, 1.54) is 0 Å². The van der Waals surface area contributed by atoms with Crippen LogP contribution in [0, 0.1) is 0 Å². The molecule has 0 radical (unpaired) electrons. The smallest absolute Gasteiger partial charge is 0.138 e. The summed E-state index contributed by atoms with van der Waals surface area (Å²) in [5, 5.41) is 20.4. The predicted octanol–water partition coefficient (Wildman–Crippen LogP) is 0.0138. The van der Waals surface area contributed by atoms with Crippen molar-refractivity contribution in [2.24, 2.45) is 0 Å². The number of nitrogens with one attached hydrogen (secondary N) is 1. The van der Waals surface area contributed by atoms with Gasteiger partial charge in [0.2, 0.25) is 0 Å². The monoisotopic (exact) mass is 168 g/mol. The molecule has 0 unspecified atom stereocenters. The zero-order valence-electron chi connectivity index (χ0n) is 6.62. The van der Waals surface area contributed by atoms with E-state index in [1.807, 2.05) is 0 Å². The Morgan fingerprint density at radius 3 is 2.75 bits per heavy atom. The summed E-state index contributed by atoms with van der Waals surface area (Å²) in [5.74, 6) is 0.0761. The second-order valence-electron chi connectivity index (χ2n) is 2.48. The van der Waals surface area contributed by atoms with Crippen molar-refractivity contribution < 1.29 is 10.2 Å². The highest BCUT2D eigenvalue weighted by Crippen LogP contribution is 2.20. The molecule has 0 aliphatic carbocycles. The highest BCUT2D eigenvalue weighted by Gasteiger charge is 1.97. The van der Waals surface area contributed by atoms with Crippen molar-refractivity contribution >= 4 is 5.69 Å². The number of hydrogen-bond acceptors (Lipinski definition) is 4. The van der Waals surface area contributed by atoms with Gasteiger partial charge in [-0.2, -0.15) is 0 Å². The molecular weight excluding hydrogens is 156 g/mol. The summed E-state index contributed by atoms with van der Waals surface area (Å²) >= 11 is 0.